The van der Waals surface area contributed by atoms with Crippen LogP contribution in [-0.4, -0.2) is 31.3 Å². The van der Waals surface area contributed by atoms with Gasteiger partial charge < -0.3 is 15.2 Å². The second kappa shape index (κ2) is 10.2. The van der Waals surface area contributed by atoms with E-state index in [1.807, 2.05) is 12.1 Å². The van der Waals surface area contributed by atoms with Crippen molar-refractivity contribution < 1.29 is 14.6 Å². The fourth-order valence-corrected chi connectivity index (χ4v) is 3.74. The Kier molecular flexibility index (Phi) is 7.07. The lowest BCUT2D eigenvalue weighted by Gasteiger charge is -2.26. The van der Waals surface area contributed by atoms with Crippen LogP contribution in [0.5, 0.6) is 5.75 Å². The number of benzene rings is 2. The summed E-state index contributed by atoms with van der Waals surface area (Å²) in [6.45, 7) is 4.98. The maximum absolute atomic E-state index is 13.4. The number of aliphatic carboxylic acids is 1. The number of aromatic nitrogens is 3. The van der Waals surface area contributed by atoms with Crippen LogP contribution >= 0.6 is 11.6 Å². The Labute approximate surface area is 206 Å². The van der Waals surface area contributed by atoms with Gasteiger partial charge in [-0.15, -0.1) is 0 Å². The first-order valence-electron chi connectivity index (χ1n) is 11.2. The van der Waals surface area contributed by atoms with Crippen molar-refractivity contribution in [1.29, 1.82) is 0 Å². The van der Waals surface area contributed by atoms with Crippen molar-refractivity contribution in [2.24, 2.45) is 0 Å². The largest absolute Gasteiger partial charge is 0.490 e. The quantitative estimate of drug-likeness (QED) is 0.430. The lowest BCUT2D eigenvalue weighted by Crippen LogP contribution is -2.45. The van der Waals surface area contributed by atoms with E-state index >= 15 is 0 Å². The minimum absolute atomic E-state index is 0.0204. The van der Waals surface area contributed by atoms with Gasteiger partial charge in [-0.2, -0.15) is 4.98 Å². The summed E-state index contributed by atoms with van der Waals surface area (Å²) in [6, 6.07) is 12.9. The Morgan fingerprint density at radius 1 is 1.20 bits per heavy atom. The van der Waals surface area contributed by atoms with Gasteiger partial charge >= 0.3 is 17.3 Å². The van der Waals surface area contributed by atoms with Gasteiger partial charge in [0.05, 0.1) is 24.3 Å². The van der Waals surface area contributed by atoms with E-state index in [-0.39, 0.29) is 24.2 Å². The van der Waals surface area contributed by atoms with E-state index in [9.17, 15) is 19.5 Å². The molecule has 1 saturated carbocycles. The average Bonchev–Trinajstić information content (AvgIpc) is 2.80. The highest BCUT2D eigenvalue weighted by Gasteiger charge is 2.23. The van der Waals surface area contributed by atoms with Crippen LogP contribution in [-0.2, 0) is 11.3 Å². The third-order valence-electron chi connectivity index (χ3n) is 5.99. The molecule has 1 aliphatic carbocycles. The molecule has 182 valence electrons. The van der Waals surface area contributed by atoms with Gasteiger partial charge in [0.15, 0.2) is 0 Å². The molecule has 0 saturated heterocycles. The maximum atomic E-state index is 13.4. The summed E-state index contributed by atoms with van der Waals surface area (Å²) < 4.78 is 7.93. The van der Waals surface area contributed by atoms with Gasteiger partial charge in [0.1, 0.15) is 5.75 Å². The molecule has 4 rings (SSSR count). The molecule has 9 nitrogen and oxygen atoms in total. The zero-order valence-corrected chi connectivity index (χ0v) is 19.9. The number of nitrogens with zero attached hydrogens (tertiary/aromatic N) is 3. The molecule has 0 unspecified atom stereocenters. The molecule has 2 aromatic carbocycles. The van der Waals surface area contributed by atoms with Crippen molar-refractivity contribution in [2.75, 3.05) is 5.32 Å². The number of halogens is 1. The zero-order chi connectivity index (χ0) is 25.1. The van der Waals surface area contributed by atoms with E-state index in [2.05, 4.69) is 16.9 Å². The van der Waals surface area contributed by atoms with E-state index in [1.54, 1.807) is 36.4 Å². The van der Waals surface area contributed by atoms with Crippen molar-refractivity contribution in [3.63, 3.8) is 0 Å². The number of ether oxygens (including phenoxy) is 1. The van der Waals surface area contributed by atoms with Crippen LogP contribution in [0.1, 0.15) is 37.8 Å². The minimum atomic E-state index is -1.31. The second-order valence-electron chi connectivity index (χ2n) is 8.41. The van der Waals surface area contributed by atoms with Crippen LogP contribution in [0.15, 0.2) is 70.3 Å². The number of carboxylic acids is 1. The molecule has 1 aromatic heterocycles. The lowest BCUT2D eigenvalue weighted by molar-refractivity contribution is -0.133. The van der Waals surface area contributed by atoms with Gasteiger partial charge in [-0.3, -0.25) is 4.57 Å². The predicted molar refractivity (Wildman–Crippen MR) is 133 cm³/mol. The summed E-state index contributed by atoms with van der Waals surface area (Å²) in [5, 5.41) is 12.9. The third-order valence-corrected chi connectivity index (χ3v) is 6.24. The molecule has 1 heterocycles. The number of anilines is 2. The van der Waals surface area contributed by atoms with Crippen molar-refractivity contribution in [2.45, 2.75) is 44.9 Å². The van der Waals surface area contributed by atoms with E-state index in [0.29, 0.717) is 10.7 Å². The Hall–Kier alpha value is -3.85. The number of nitrogens with one attached hydrogen (secondary N) is 1. The number of carbonyl (C=O) groups is 1. The maximum Gasteiger partial charge on any atom is 0.355 e. The van der Waals surface area contributed by atoms with Crippen molar-refractivity contribution >= 4 is 29.2 Å². The predicted octanol–water partition coefficient (Wildman–Crippen LogP) is 3.98. The van der Waals surface area contributed by atoms with Gasteiger partial charge in [0.2, 0.25) is 5.95 Å². The highest BCUT2D eigenvalue weighted by atomic mass is 35.5. The summed E-state index contributed by atoms with van der Waals surface area (Å²) in [6.07, 6.45) is 3.51. The third kappa shape index (κ3) is 5.46. The van der Waals surface area contributed by atoms with Gasteiger partial charge in [-0.25, -0.2) is 19.0 Å². The molecule has 0 bridgehead atoms. The zero-order valence-electron chi connectivity index (χ0n) is 19.1. The van der Waals surface area contributed by atoms with E-state index in [0.717, 1.165) is 28.7 Å². The second-order valence-corrected chi connectivity index (χ2v) is 8.85. The van der Waals surface area contributed by atoms with Crippen LogP contribution < -0.4 is 21.4 Å². The van der Waals surface area contributed by atoms with E-state index < -0.39 is 23.4 Å². The van der Waals surface area contributed by atoms with Crippen LogP contribution in [0, 0.1) is 0 Å². The van der Waals surface area contributed by atoms with E-state index in [1.165, 1.54) is 17.9 Å². The number of hydrogen-bond acceptors (Lipinski definition) is 6. The first kappa shape index (κ1) is 24.3. The first-order chi connectivity index (χ1) is 16.7. The molecule has 1 atom stereocenters. The number of rotatable bonds is 9. The average molecular weight is 497 g/mol. The Morgan fingerprint density at radius 3 is 2.43 bits per heavy atom. The Morgan fingerprint density at radius 2 is 1.86 bits per heavy atom. The van der Waals surface area contributed by atoms with Crippen LogP contribution in [0.25, 0.3) is 0 Å². The van der Waals surface area contributed by atoms with Gasteiger partial charge in [0.25, 0.3) is 0 Å². The molecule has 0 spiro atoms. The smallest absolute Gasteiger partial charge is 0.355 e. The highest BCUT2D eigenvalue weighted by Crippen LogP contribution is 2.26. The fraction of sp³-hybridized carbons (Fsp3) is 0.280. The molecule has 1 aliphatic rings. The molecule has 1 fully saturated rings. The Balaban J connectivity index is 1.71. The summed E-state index contributed by atoms with van der Waals surface area (Å²) >= 11 is 5.98. The normalized spacial score (nSPS) is 14.1. The topological polar surface area (TPSA) is 115 Å². The van der Waals surface area contributed by atoms with Crippen LogP contribution in [0.3, 0.4) is 0 Å². The minimum Gasteiger partial charge on any atom is -0.490 e. The molecule has 0 aliphatic heterocycles. The molecule has 0 radical (unpaired) electrons. The summed E-state index contributed by atoms with van der Waals surface area (Å²) in [4.78, 5) is 41.7. The van der Waals surface area contributed by atoms with Crippen LogP contribution in [0.4, 0.5) is 11.6 Å². The summed E-state index contributed by atoms with van der Waals surface area (Å²) in [5.74, 6) is -0.547. The molecule has 3 aromatic rings. The molecule has 2 N–H and O–H groups in total. The van der Waals surface area contributed by atoms with Gasteiger partial charge in [-0.1, -0.05) is 30.3 Å². The fourth-order valence-electron chi connectivity index (χ4n) is 3.61. The lowest BCUT2D eigenvalue weighted by atomic mass is 9.96. The number of hydrogen-bond donors (Lipinski definition) is 2. The molecular weight excluding hydrogens is 472 g/mol. The molecule has 10 heteroatoms. The highest BCUT2D eigenvalue weighted by molar-refractivity contribution is 6.30. The van der Waals surface area contributed by atoms with Gasteiger partial charge in [-0.05, 0) is 68.1 Å². The summed E-state index contributed by atoms with van der Waals surface area (Å²) in [7, 11) is 0. The first-order valence-corrected chi connectivity index (χ1v) is 11.5. The van der Waals surface area contributed by atoms with E-state index in [4.69, 9.17) is 16.3 Å². The molecular formula is C25H25ClN4O5. The van der Waals surface area contributed by atoms with Crippen LogP contribution in [0.2, 0.25) is 5.02 Å². The molecule has 0 amide bonds. The van der Waals surface area contributed by atoms with Gasteiger partial charge in [0, 0.05) is 10.7 Å². The SMILES string of the molecule is C=C(C(=O)O)[C@@H](C)n1c(=O)nc(Nc2ccc(OC3CCC3)cc2)n(Cc2ccc(Cl)cc2)c1=O. The Bertz CT molecular complexity index is 1360. The van der Waals surface area contributed by atoms with Crippen molar-refractivity contribution in [3.05, 3.63) is 92.2 Å². The van der Waals surface area contributed by atoms with Crippen molar-refractivity contribution in [1.82, 2.24) is 14.1 Å². The standard InChI is InChI=1S/C25H25ClN4O5/c1-15(22(31)32)16(2)30-24(33)28-23(29(25(30)34)14-17-6-8-18(26)9-7-17)27-19-10-12-21(13-11-19)35-20-4-3-5-20/h6-13,16,20H,1,3-5,14H2,2H3,(H,31,32)(H,27,28,33)/t16-/m1/s1. The number of carboxylic acid groups (broad SMARTS) is 1. The summed E-state index contributed by atoms with van der Waals surface area (Å²) in [5.41, 5.74) is -0.567. The van der Waals surface area contributed by atoms with Crippen molar-refractivity contribution in [3.8, 4) is 5.75 Å². The monoisotopic (exact) mass is 496 g/mol. The molecule has 35 heavy (non-hydrogen) atoms.